The molecule has 0 fully saturated rings. The lowest BCUT2D eigenvalue weighted by Gasteiger charge is -2.18. The van der Waals surface area contributed by atoms with Gasteiger partial charge in [0.1, 0.15) is 34.1 Å². The van der Waals surface area contributed by atoms with Crippen molar-refractivity contribution in [3.63, 3.8) is 0 Å². The average Bonchev–Trinajstić information content (AvgIpc) is 2.87. The summed E-state index contributed by atoms with van der Waals surface area (Å²) in [6.07, 6.45) is 3.35. The van der Waals surface area contributed by atoms with E-state index in [1.807, 2.05) is 0 Å². The maximum Gasteiger partial charge on any atom is 0.313 e. The van der Waals surface area contributed by atoms with Gasteiger partial charge in [0.15, 0.2) is 0 Å². The van der Waals surface area contributed by atoms with Gasteiger partial charge in [-0.3, -0.25) is 4.79 Å². The molecule has 0 aliphatic heterocycles. The lowest BCUT2D eigenvalue weighted by molar-refractivity contribution is -0.116. The summed E-state index contributed by atoms with van der Waals surface area (Å²) in [6, 6.07) is 8.98. The van der Waals surface area contributed by atoms with Crippen molar-refractivity contribution in [3.8, 4) is 17.2 Å². The van der Waals surface area contributed by atoms with E-state index in [1.165, 1.54) is 39.4 Å². The van der Waals surface area contributed by atoms with Crippen LogP contribution in [0.4, 0.5) is 4.79 Å². The number of benzene rings is 2. The molecule has 0 radical (unpaired) electrons. The summed E-state index contributed by atoms with van der Waals surface area (Å²) >= 11 is 0. The molecule has 0 saturated heterocycles. The predicted octanol–water partition coefficient (Wildman–Crippen LogP) is 1.89. The molecule has 0 heterocycles. The summed E-state index contributed by atoms with van der Waals surface area (Å²) in [4.78, 5) is 23.4. The molecule has 11 nitrogen and oxygen atoms in total. The summed E-state index contributed by atoms with van der Waals surface area (Å²) in [6.45, 7) is 1.97. The SMILES string of the molecule is COCCOc1ccc(CCNC(=O)C=Cc2ccc(OC)cc2OC)cc1S(=O)(=O)C(C)NC(N)=O. The number of methoxy groups -OCH3 is 3. The number of nitrogens with one attached hydrogen (secondary N) is 2. The standard InChI is InChI=1S/C25H33N3O8S/c1-17(28-25(26)30)37(31,32)23-15-18(5-9-21(23)36-14-13-33-2)11-12-27-24(29)10-7-19-6-8-20(34-3)16-22(19)35-4/h5-10,15-17H,11-14H2,1-4H3,(H,27,29)(H3,26,28,30). The Bertz CT molecular complexity index is 1210. The number of carbonyl (C=O) groups is 2. The Labute approximate surface area is 216 Å². The first kappa shape index (κ1) is 29.5. The van der Waals surface area contributed by atoms with Crippen LogP contribution in [0.15, 0.2) is 47.4 Å². The molecule has 37 heavy (non-hydrogen) atoms. The second-order valence-electron chi connectivity index (χ2n) is 7.80. The Kier molecular flexibility index (Phi) is 11.2. The van der Waals surface area contributed by atoms with Gasteiger partial charge in [0.05, 0.1) is 20.8 Å². The summed E-state index contributed by atoms with van der Waals surface area (Å²) < 4.78 is 47.2. The normalized spacial score (nSPS) is 12.1. The number of nitrogens with two attached hydrogens (primary N) is 1. The second-order valence-corrected chi connectivity index (χ2v) is 10.0. The number of amides is 3. The monoisotopic (exact) mass is 535 g/mol. The van der Waals surface area contributed by atoms with E-state index in [0.717, 1.165) is 0 Å². The molecule has 1 unspecified atom stereocenters. The van der Waals surface area contributed by atoms with E-state index in [1.54, 1.807) is 37.5 Å². The second kappa shape index (κ2) is 14.1. The molecular weight excluding hydrogens is 502 g/mol. The molecule has 0 aromatic heterocycles. The first-order valence-electron chi connectivity index (χ1n) is 11.3. The molecule has 2 aromatic carbocycles. The van der Waals surface area contributed by atoms with Crippen LogP contribution in [0.5, 0.6) is 17.2 Å². The van der Waals surface area contributed by atoms with Crippen molar-refractivity contribution < 1.29 is 37.0 Å². The minimum Gasteiger partial charge on any atom is -0.497 e. The largest absolute Gasteiger partial charge is 0.497 e. The number of primary amides is 1. The van der Waals surface area contributed by atoms with Crippen molar-refractivity contribution in [1.29, 1.82) is 0 Å². The summed E-state index contributed by atoms with van der Waals surface area (Å²) in [7, 11) is 0.565. The van der Waals surface area contributed by atoms with E-state index in [-0.39, 0.29) is 36.3 Å². The highest BCUT2D eigenvalue weighted by atomic mass is 32.2. The maximum atomic E-state index is 13.1. The van der Waals surface area contributed by atoms with E-state index in [9.17, 15) is 18.0 Å². The number of sulfone groups is 1. The number of hydrogen-bond donors (Lipinski definition) is 3. The molecule has 2 aromatic rings. The van der Waals surface area contributed by atoms with Gasteiger partial charge in [0.2, 0.25) is 15.7 Å². The average molecular weight is 536 g/mol. The first-order chi connectivity index (χ1) is 17.6. The molecule has 4 N–H and O–H groups in total. The molecule has 2 rings (SSSR count). The number of ether oxygens (including phenoxy) is 4. The minimum absolute atomic E-state index is 0.0971. The molecule has 202 valence electrons. The van der Waals surface area contributed by atoms with Gasteiger partial charge in [0, 0.05) is 31.4 Å². The number of urea groups is 1. The predicted molar refractivity (Wildman–Crippen MR) is 138 cm³/mol. The van der Waals surface area contributed by atoms with Crippen molar-refractivity contribution in [2.75, 3.05) is 41.1 Å². The van der Waals surface area contributed by atoms with Crippen LogP contribution in [0, 0.1) is 0 Å². The third-order valence-corrected chi connectivity index (χ3v) is 7.22. The van der Waals surface area contributed by atoms with E-state index in [2.05, 4.69) is 10.6 Å². The Balaban J connectivity index is 2.11. The van der Waals surface area contributed by atoms with Crippen LogP contribution in [0.1, 0.15) is 18.1 Å². The molecule has 0 spiro atoms. The quantitative estimate of drug-likeness (QED) is 0.245. The van der Waals surface area contributed by atoms with Crippen LogP contribution < -0.4 is 30.6 Å². The fourth-order valence-electron chi connectivity index (χ4n) is 3.26. The van der Waals surface area contributed by atoms with Gasteiger partial charge in [-0.25, -0.2) is 13.2 Å². The fourth-order valence-corrected chi connectivity index (χ4v) is 4.64. The van der Waals surface area contributed by atoms with Crippen LogP contribution >= 0.6 is 0 Å². The summed E-state index contributed by atoms with van der Waals surface area (Å²) in [5.74, 6) is 0.989. The van der Waals surface area contributed by atoms with Gasteiger partial charge >= 0.3 is 6.03 Å². The zero-order valence-electron chi connectivity index (χ0n) is 21.3. The lowest BCUT2D eigenvalue weighted by Crippen LogP contribution is -2.41. The third kappa shape index (κ3) is 8.69. The fraction of sp³-hybridized carbons (Fsp3) is 0.360. The molecule has 1 atom stereocenters. The van der Waals surface area contributed by atoms with Crippen LogP contribution in [0.2, 0.25) is 0 Å². The zero-order chi connectivity index (χ0) is 27.4. The minimum atomic E-state index is -4.01. The summed E-state index contributed by atoms with van der Waals surface area (Å²) in [5, 5.41) is 3.68. The summed E-state index contributed by atoms with van der Waals surface area (Å²) in [5.41, 5.74) is 6.45. The Morgan fingerprint density at radius 2 is 1.78 bits per heavy atom. The highest BCUT2D eigenvalue weighted by Crippen LogP contribution is 2.28. The van der Waals surface area contributed by atoms with Gasteiger partial charge in [-0.15, -0.1) is 0 Å². The van der Waals surface area contributed by atoms with Gasteiger partial charge < -0.3 is 35.3 Å². The van der Waals surface area contributed by atoms with E-state index < -0.39 is 21.2 Å². The van der Waals surface area contributed by atoms with Gasteiger partial charge in [-0.2, -0.15) is 0 Å². The van der Waals surface area contributed by atoms with E-state index in [0.29, 0.717) is 29.0 Å². The highest BCUT2D eigenvalue weighted by Gasteiger charge is 2.28. The van der Waals surface area contributed by atoms with Crippen LogP contribution in [0.25, 0.3) is 6.08 Å². The van der Waals surface area contributed by atoms with Crippen molar-refractivity contribution in [3.05, 3.63) is 53.6 Å². The van der Waals surface area contributed by atoms with Crippen molar-refractivity contribution in [2.24, 2.45) is 5.73 Å². The molecule has 12 heteroatoms. The molecule has 0 saturated carbocycles. The number of hydrogen-bond acceptors (Lipinski definition) is 8. The van der Waals surface area contributed by atoms with Crippen LogP contribution in [-0.4, -0.2) is 66.8 Å². The smallest absolute Gasteiger partial charge is 0.313 e. The van der Waals surface area contributed by atoms with Gasteiger partial charge in [-0.05, 0) is 49.2 Å². The first-order valence-corrected chi connectivity index (χ1v) is 12.9. The van der Waals surface area contributed by atoms with Crippen LogP contribution in [-0.2, 0) is 25.8 Å². The molecule has 0 aliphatic carbocycles. The topological polar surface area (TPSA) is 155 Å². The third-order valence-electron chi connectivity index (χ3n) is 5.24. The molecule has 0 bridgehead atoms. The molecule has 0 aliphatic rings. The van der Waals surface area contributed by atoms with Crippen molar-refractivity contribution in [2.45, 2.75) is 23.6 Å². The maximum absolute atomic E-state index is 13.1. The molecule has 3 amide bonds. The Morgan fingerprint density at radius 3 is 2.43 bits per heavy atom. The zero-order valence-corrected chi connectivity index (χ0v) is 22.1. The Morgan fingerprint density at radius 1 is 1.03 bits per heavy atom. The van der Waals surface area contributed by atoms with Gasteiger partial charge in [0.25, 0.3) is 0 Å². The van der Waals surface area contributed by atoms with Crippen LogP contribution in [0.3, 0.4) is 0 Å². The molecular formula is C25H33N3O8S. The number of carbonyl (C=O) groups excluding carboxylic acids is 2. The van der Waals surface area contributed by atoms with Crippen molar-refractivity contribution in [1.82, 2.24) is 10.6 Å². The highest BCUT2D eigenvalue weighted by molar-refractivity contribution is 7.92. The van der Waals surface area contributed by atoms with E-state index >= 15 is 0 Å². The lowest BCUT2D eigenvalue weighted by atomic mass is 10.1. The van der Waals surface area contributed by atoms with Crippen molar-refractivity contribution >= 4 is 27.9 Å². The van der Waals surface area contributed by atoms with Gasteiger partial charge in [-0.1, -0.05) is 6.07 Å². The van der Waals surface area contributed by atoms with E-state index in [4.69, 9.17) is 24.7 Å². The number of rotatable bonds is 14. The Hall–Kier alpha value is -3.77.